The minimum absolute atomic E-state index is 0.113. The van der Waals surface area contributed by atoms with Gasteiger partial charge in [-0.3, -0.25) is 5.32 Å². The van der Waals surface area contributed by atoms with Crippen LogP contribution in [0.5, 0.6) is 0 Å². The van der Waals surface area contributed by atoms with Gasteiger partial charge in [-0.25, -0.2) is 4.79 Å². The quantitative estimate of drug-likeness (QED) is 0.784. The Morgan fingerprint density at radius 1 is 1.47 bits per heavy atom. The fraction of sp³-hybridized carbons (Fsp3) is 0.500. The molecule has 106 valence electrons. The maximum atomic E-state index is 11.7. The normalized spacial score (nSPS) is 12.9. The lowest BCUT2D eigenvalue weighted by molar-refractivity contribution is 0.0636. The maximum absolute atomic E-state index is 11.7. The molecular weight excluding hydrogens is 244 g/mol. The number of hydrogen-bond acceptors (Lipinski definition) is 4. The van der Waals surface area contributed by atoms with E-state index in [2.05, 4.69) is 5.32 Å². The lowest BCUT2D eigenvalue weighted by Gasteiger charge is -2.20. The van der Waals surface area contributed by atoms with Crippen molar-refractivity contribution in [2.45, 2.75) is 39.3 Å². The second kappa shape index (κ2) is 6.04. The highest BCUT2D eigenvalue weighted by Crippen LogP contribution is 2.20. The highest BCUT2D eigenvalue weighted by atomic mass is 16.6. The molecule has 0 aromatic heterocycles. The first-order chi connectivity index (χ1) is 8.73. The monoisotopic (exact) mass is 266 g/mol. The summed E-state index contributed by atoms with van der Waals surface area (Å²) in [6, 6.07) is 4.97. The summed E-state index contributed by atoms with van der Waals surface area (Å²) in [7, 11) is 0. The van der Waals surface area contributed by atoms with E-state index < -0.39 is 17.7 Å². The molecule has 19 heavy (non-hydrogen) atoms. The van der Waals surface area contributed by atoms with Gasteiger partial charge in [0.1, 0.15) is 5.60 Å². The molecular formula is C14H22N2O3. The lowest BCUT2D eigenvalue weighted by Crippen LogP contribution is -2.27. The van der Waals surface area contributed by atoms with Crippen LogP contribution in [0.3, 0.4) is 0 Å². The molecule has 0 radical (unpaired) electrons. The molecule has 1 aromatic rings. The number of anilines is 1. The van der Waals surface area contributed by atoms with Crippen molar-refractivity contribution in [2.75, 3.05) is 11.9 Å². The number of carbonyl (C=O) groups is 1. The molecule has 4 N–H and O–H groups in total. The number of aliphatic hydroxyl groups excluding tert-OH is 1. The first kappa shape index (κ1) is 15.5. The van der Waals surface area contributed by atoms with Crippen LogP contribution in [0.2, 0.25) is 0 Å². The third-order valence-electron chi connectivity index (χ3n) is 2.51. The molecule has 0 saturated heterocycles. The lowest BCUT2D eigenvalue weighted by atomic mass is 10.0. The SMILES string of the molecule is Cc1cc(C(N)CO)ccc1NC(=O)OC(C)(C)C. The van der Waals surface area contributed by atoms with E-state index in [1.165, 1.54) is 0 Å². The van der Waals surface area contributed by atoms with Gasteiger partial charge >= 0.3 is 6.09 Å². The average molecular weight is 266 g/mol. The molecule has 1 rings (SSSR count). The molecule has 0 heterocycles. The molecule has 0 fully saturated rings. The van der Waals surface area contributed by atoms with E-state index in [-0.39, 0.29) is 6.61 Å². The van der Waals surface area contributed by atoms with Crippen molar-refractivity contribution in [2.24, 2.45) is 5.73 Å². The summed E-state index contributed by atoms with van der Waals surface area (Å²) in [5.74, 6) is 0. The Bertz CT molecular complexity index is 452. The molecule has 1 amide bonds. The predicted octanol–water partition coefficient (Wildman–Crippen LogP) is 2.33. The van der Waals surface area contributed by atoms with Crippen LogP contribution in [-0.2, 0) is 4.74 Å². The third-order valence-corrected chi connectivity index (χ3v) is 2.51. The topological polar surface area (TPSA) is 84.6 Å². The largest absolute Gasteiger partial charge is 0.444 e. The van der Waals surface area contributed by atoms with Crippen LogP contribution in [0.25, 0.3) is 0 Å². The molecule has 0 saturated carbocycles. The molecule has 5 nitrogen and oxygen atoms in total. The molecule has 0 spiro atoms. The van der Waals surface area contributed by atoms with Gasteiger partial charge < -0.3 is 15.6 Å². The minimum Gasteiger partial charge on any atom is -0.444 e. The predicted molar refractivity (Wildman–Crippen MR) is 75.0 cm³/mol. The number of nitrogens with one attached hydrogen (secondary N) is 1. The summed E-state index contributed by atoms with van der Waals surface area (Å²) in [5, 5.41) is 11.7. The van der Waals surface area contributed by atoms with Gasteiger partial charge in [0.05, 0.1) is 12.6 Å². The van der Waals surface area contributed by atoms with Crippen molar-refractivity contribution in [1.82, 2.24) is 0 Å². The van der Waals surface area contributed by atoms with Crippen molar-refractivity contribution in [3.05, 3.63) is 29.3 Å². The van der Waals surface area contributed by atoms with Crippen molar-refractivity contribution < 1.29 is 14.6 Å². The summed E-state index contributed by atoms with van der Waals surface area (Å²) >= 11 is 0. The summed E-state index contributed by atoms with van der Waals surface area (Å²) in [4.78, 5) is 11.7. The number of nitrogens with two attached hydrogens (primary N) is 1. The van der Waals surface area contributed by atoms with Gasteiger partial charge in [-0.15, -0.1) is 0 Å². The van der Waals surface area contributed by atoms with Crippen molar-refractivity contribution in [1.29, 1.82) is 0 Å². The highest BCUT2D eigenvalue weighted by molar-refractivity contribution is 5.85. The zero-order chi connectivity index (χ0) is 14.6. The van der Waals surface area contributed by atoms with Crippen LogP contribution in [-0.4, -0.2) is 23.4 Å². The number of benzene rings is 1. The summed E-state index contributed by atoms with van der Waals surface area (Å²) in [5.41, 5.74) is 7.57. The Morgan fingerprint density at radius 3 is 2.58 bits per heavy atom. The summed E-state index contributed by atoms with van der Waals surface area (Å²) in [6.45, 7) is 7.17. The van der Waals surface area contributed by atoms with Crippen molar-refractivity contribution >= 4 is 11.8 Å². The molecule has 1 unspecified atom stereocenters. The van der Waals surface area contributed by atoms with Gasteiger partial charge in [-0.2, -0.15) is 0 Å². The van der Waals surface area contributed by atoms with Crippen LogP contribution < -0.4 is 11.1 Å². The summed E-state index contributed by atoms with van der Waals surface area (Å²) in [6.07, 6.45) is -0.491. The zero-order valence-corrected chi connectivity index (χ0v) is 11.9. The Balaban J connectivity index is 2.78. The number of hydrogen-bond donors (Lipinski definition) is 3. The second-order valence-electron chi connectivity index (χ2n) is 5.49. The number of aryl methyl sites for hydroxylation is 1. The van der Waals surface area contributed by atoms with E-state index in [0.29, 0.717) is 5.69 Å². The molecule has 5 heteroatoms. The average Bonchev–Trinajstić information content (AvgIpc) is 2.28. The Hall–Kier alpha value is -1.59. The second-order valence-corrected chi connectivity index (χ2v) is 5.49. The molecule has 1 atom stereocenters. The van der Waals surface area contributed by atoms with Crippen molar-refractivity contribution in [3.63, 3.8) is 0 Å². The Morgan fingerprint density at radius 2 is 2.11 bits per heavy atom. The third kappa shape index (κ3) is 4.89. The fourth-order valence-electron chi connectivity index (χ4n) is 1.58. The van der Waals surface area contributed by atoms with Gasteiger partial charge in [0.25, 0.3) is 0 Å². The smallest absolute Gasteiger partial charge is 0.412 e. The van der Waals surface area contributed by atoms with Gasteiger partial charge in [-0.1, -0.05) is 12.1 Å². The first-order valence-electron chi connectivity index (χ1n) is 6.20. The van der Waals surface area contributed by atoms with Crippen LogP contribution in [0.15, 0.2) is 18.2 Å². The van der Waals surface area contributed by atoms with Crippen molar-refractivity contribution in [3.8, 4) is 0 Å². The summed E-state index contributed by atoms with van der Waals surface area (Å²) < 4.78 is 5.18. The highest BCUT2D eigenvalue weighted by Gasteiger charge is 2.17. The van der Waals surface area contributed by atoms with E-state index in [0.717, 1.165) is 11.1 Å². The molecule has 0 aliphatic carbocycles. The maximum Gasteiger partial charge on any atom is 0.412 e. The Kier molecular flexibility index (Phi) is 4.91. The number of rotatable bonds is 3. The minimum atomic E-state index is -0.531. The fourth-order valence-corrected chi connectivity index (χ4v) is 1.58. The first-order valence-corrected chi connectivity index (χ1v) is 6.20. The molecule has 0 aliphatic heterocycles. The van der Waals surface area contributed by atoms with Crippen LogP contribution in [0, 0.1) is 6.92 Å². The molecule has 0 bridgehead atoms. The van der Waals surface area contributed by atoms with Crippen LogP contribution in [0.1, 0.15) is 37.9 Å². The zero-order valence-electron chi connectivity index (χ0n) is 11.9. The number of ether oxygens (including phenoxy) is 1. The number of amides is 1. The number of aliphatic hydroxyl groups is 1. The van der Waals surface area contributed by atoms with E-state index in [1.54, 1.807) is 12.1 Å². The number of carbonyl (C=O) groups excluding carboxylic acids is 1. The van der Waals surface area contributed by atoms with Gasteiger partial charge in [0, 0.05) is 5.69 Å². The molecule has 1 aromatic carbocycles. The van der Waals surface area contributed by atoms with E-state index in [4.69, 9.17) is 15.6 Å². The van der Waals surface area contributed by atoms with E-state index in [9.17, 15) is 4.79 Å². The van der Waals surface area contributed by atoms with Crippen LogP contribution >= 0.6 is 0 Å². The van der Waals surface area contributed by atoms with E-state index >= 15 is 0 Å². The molecule has 0 aliphatic rings. The van der Waals surface area contributed by atoms with Gasteiger partial charge in [0.15, 0.2) is 0 Å². The van der Waals surface area contributed by atoms with Gasteiger partial charge in [0.2, 0.25) is 0 Å². The standard InChI is InChI=1S/C14H22N2O3/c1-9-7-10(11(15)8-17)5-6-12(9)16-13(18)19-14(2,3)4/h5-7,11,17H,8,15H2,1-4H3,(H,16,18). The Labute approximate surface area is 113 Å². The van der Waals surface area contributed by atoms with E-state index in [1.807, 2.05) is 33.8 Å². The van der Waals surface area contributed by atoms with Gasteiger partial charge in [-0.05, 0) is 44.9 Å². The van der Waals surface area contributed by atoms with Crippen LogP contribution in [0.4, 0.5) is 10.5 Å².